The maximum atomic E-state index is 5.60. The summed E-state index contributed by atoms with van der Waals surface area (Å²) in [5.41, 5.74) is 0. The molecule has 2 nitrogen and oxygen atoms in total. The number of likely N-dealkylation sites (N-methyl/N-ethyl adjacent to an activating group) is 1. The van der Waals surface area contributed by atoms with Gasteiger partial charge in [-0.25, -0.2) is 0 Å². The molecule has 0 radical (unpaired) electrons. The molecule has 0 amide bonds. The Hall–Kier alpha value is -0.0800. The average Bonchev–Trinajstić information content (AvgIpc) is 2.05. The fourth-order valence-corrected chi connectivity index (χ4v) is 1.43. The highest BCUT2D eigenvalue weighted by molar-refractivity contribution is 4.57. The molecule has 13 heavy (non-hydrogen) atoms. The minimum absolute atomic E-state index is 0.485. The summed E-state index contributed by atoms with van der Waals surface area (Å²) in [4.78, 5) is 0. The molecule has 0 heterocycles. The molecule has 0 saturated carbocycles. The van der Waals surface area contributed by atoms with Crippen molar-refractivity contribution >= 4 is 0 Å². The van der Waals surface area contributed by atoms with Gasteiger partial charge >= 0.3 is 0 Å². The maximum absolute atomic E-state index is 5.60. The van der Waals surface area contributed by atoms with Gasteiger partial charge in [0.05, 0.1) is 6.61 Å². The first-order chi connectivity index (χ1) is 6.20. The van der Waals surface area contributed by atoms with Crippen molar-refractivity contribution in [3.8, 4) is 0 Å². The van der Waals surface area contributed by atoms with Gasteiger partial charge in [0.1, 0.15) is 0 Å². The highest BCUT2D eigenvalue weighted by Gasteiger charge is 2.03. The van der Waals surface area contributed by atoms with E-state index in [0.717, 1.165) is 19.8 Å². The van der Waals surface area contributed by atoms with Crippen molar-refractivity contribution in [1.82, 2.24) is 5.32 Å². The lowest BCUT2D eigenvalue weighted by molar-refractivity contribution is 0.0872. The Balaban J connectivity index is 3.23. The van der Waals surface area contributed by atoms with Crippen LogP contribution in [-0.4, -0.2) is 25.8 Å². The highest BCUT2D eigenvalue weighted by atomic mass is 16.5. The van der Waals surface area contributed by atoms with Crippen LogP contribution in [0.4, 0.5) is 0 Å². The monoisotopic (exact) mass is 187 g/mol. The van der Waals surface area contributed by atoms with Gasteiger partial charge in [-0.05, 0) is 25.8 Å². The van der Waals surface area contributed by atoms with Crippen LogP contribution in [0.5, 0.6) is 0 Å². The molecule has 0 rings (SSSR count). The van der Waals surface area contributed by atoms with E-state index in [0.29, 0.717) is 12.0 Å². The van der Waals surface area contributed by atoms with Crippen LogP contribution >= 0.6 is 0 Å². The molecule has 0 aliphatic rings. The summed E-state index contributed by atoms with van der Waals surface area (Å²) < 4.78 is 5.60. The van der Waals surface area contributed by atoms with Gasteiger partial charge in [-0.3, -0.25) is 0 Å². The molecule has 1 N–H and O–H groups in total. The van der Waals surface area contributed by atoms with Crippen molar-refractivity contribution in [3.63, 3.8) is 0 Å². The number of hydrogen-bond acceptors (Lipinski definition) is 2. The smallest absolute Gasteiger partial charge is 0.0617 e. The second-order valence-corrected chi connectivity index (χ2v) is 3.89. The molecule has 0 aliphatic carbocycles. The van der Waals surface area contributed by atoms with E-state index in [9.17, 15) is 0 Å². The lowest BCUT2D eigenvalue weighted by atomic mass is 10.1. The summed E-state index contributed by atoms with van der Waals surface area (Å²) in [6.07, 6.45) is 2.53. The summed E-state index contributed by atoms with van der Waals surface area (Å²) in [5, 5.41) is 3.33. The van der Waals surface area contributed by atoms with Crippen molar-refractivity contribution < 1.29 is 4.74 Å². The van der Waals surface area contributed by atoms with Crippen molar-refractivity contribution in [2.45, 2.75) is 46.6 Å². The van der Waals surface area contributed by atoms with Gasteiger partial charge in [0.2, 0.25) is 0 Å². The molecular formula is C11H25NO. The minimum Gasteiger partial charge on any atom is -0.380 e. The first kappa shape index (κ1) is 12.9. The molecule has 0 saturated heterocycles. The van der Waals surface area contributed by atoms with Crippen molar-refractivity contribution in [1.29, 1.82) is 0 Å². The Morgan fingerprint density at radius 3 is 2.38 bits per heavy atom. The van der Waals surface area contributed by atoms with Crippen molar-refractivity contribution in [3.05, 3.63) is 0 Å². The molecule has 0 bridgehead atoms. The zero-order valence-corrected chi connectivity index (χ0v) is 9.60. The van der Waals surface area contributed by atoms with Gasteiger partial charge in [-0.2, -0.15) is 0 Å². The van der Waals surface area contributed by atoms with Crippen LogP contribution < -0.4 is 5.32 Å². The zero-order valence-electron chi connectivity index (χ0n) is 9.60. The molecule has 2 atom stereocenters. The van der Waals surface area contributed by atoms with Gasteiger partial charge in [0.25, 0.3) is 0 Å². The molecule has 0 aromatic carbocycles. The molecule has 0 fully saturated rings. The average molecular weight is 187 g/mol. The Kier molecular flexibility index (Phi) is 8.46. The van der Waals surface area contributed by atoms with E-state index in [1.54, 1.807) is 0 Å². The van der Waals surface area contributed by atoms with E-state index < -0.39 is 0 Å². The normalized spacial score (nSPS) is 15.7. The third-order valence-electron chi connectivity index (χ3n) is 2.10. The predicted molar refractivity (Wildman–Crippen MR) is 58.0 cm³/mol. The standard InChI is InChI=1S/C11H25NO/c1-5-7-10(3)8-13-9-11(4)12-6-2/h10-12H,5-9H2,1-4H3. The molecule has 2 unspecified atom stereocenters. The van der Waals surface area contributed by atoms with Crippen LogP contribution in [0.15, 0.2) is 0 Å². The highest BCUT2D eigenvalue weighted by Crippen LogP contribution is 2.04. The molecule has 0 aromatic heterocycles. The van der Waals surface area contributed by atoms with E-state index in [1.807, 2.05) is 0 Å². The maximum Gasteiger partial charge on any atom is 0.0617 e. The van der Waals surface area contributed by atoms with Gasteiger partial charge in [-0.1, -0.05) is 27.2 Å². The molecule has 80 valence electrons. The minimum atomic E-state index is 0.485. The van der Waals surface area contributed by atoms with Gasteiger partial charge in [-0.15, -0.1) is 0 Å². The van der Waals surface area contributed by atoms with Crippen LogP contribution in [0, 0.1) is 5.92 Å². The molecule has 0 aliphatic heterocycles. The molecule has 2 heteroatoms. The number of ether oxygens (including phenoxy) is 1. The van der Waals surface area contributed by atoms with E-state index in [2.05, 4.69) is 33.0 Å². The lowest BCUT2D eigenvalue weighted by Crippen LogP contribution is -2.30. The third kappa shape index (κ3) is 8.26. The van der Waals surface area contributed by atoms with E-state index in [1.165, 1.54) is 12.8 Å². The largest absolute Gasteiger partial charge is 0.380 e. The van der Waals surface area contributed by atoms with Gasteiger partial charge in [0, 0.05) is 12.6 Å². The zero-order chi connectivity index (χ0) is 10.1. The van der Waals surface area contributed by atoms with E-state index in [4.69, 9.17) is 4.74 Å². The van der Waals surface area contributed by atoms with Crippen molar-refractivity contribution in [2.24, 2.45) is 5.92 Å². The second kappa shape index (κ2) is 8.52. The van der Waals surface area contributed by atoms with Crippen LogP contribution in [0.2, 0.25) is 0 Å². The van der Waals surface area contributed by atoms with E-state index >= 15 is 0 Å². The fourth-order valence-electron chi connectivity index (χ4n) is 1.43. The molecule has 0 aromatic rings. The Bertz CT molecular complexity index is 94.3. The number of nitrogens with one attached hydrogen (secondary N) is 1. The Morgan fingerprint density at radius 1 is 1.15 bits per heavy atom. The predicted octanol–water partition coefficient (Wildman–Crippen LogP) is 2.44. The summed E-state index contributed by atoms with van der Waals surface area (Å²) >= 11 is 0. The van der Waals surface area contributed by atoms with Crippen LogP contribution in [0.25, 0.3) is 0 Å². The second-order valence-electron chi connectivity index (χ2n) is 3.89. The molecular weight excluding hydrogens is 162 g/mol. The summed E-state index contributed by atoms with van der Waals surface area (Å²) in [5.74, 6) is 0.707. The summed E-state index contributed by atoms with van der Waals surface area (Å²) in [6.45, 7) is 11.5. The first-order valence-electron chi connectivity index (χ1n) is 5.51. The van der Waals surface area contributed by atoms with Gasteiger partial charge < -0.3 is 10.1 Å². The molecule has 0 spiro atoms. The van der Waals surface area contributed by atoms with Crippen molar-refractivity contribution in [2.75, 3.05) is 19.8 Å². The third-order valence-corrected chi connectivity index (χ3v) is 2.10. The topological polar surface area (TPSA) is 21.3 Å². The SMILES string of the molecule is CCCC(C)COCC(C)NCC. The number of rotatable bonds is 8. The quantitative estimate of drug-likeness (QED) is 0.630. The first-order valence-corrected chi connectivity index (χ1v) is 5.51. The van der Waals surface area contributed by atoms with Crippen LogP contribution in [0.1, 0.15) is 40.5 Å². The lowest BCUT2D eigenvalue weighted by Gasteiger charge is -2.15. The number of hydrogen-bond donors (Lipinski definition) is 1. The summed E-state index contributed by atoms with van der Waals surface area (Å²) in [6, 6.07) is 0.485. The Morgan fingerprint density at radius 2 is 1.85 bits per heavy atom. The Labute approximate surface area is 83.1 Å². The van der Waals surface area contributed by atoms with E-state index in [-0.39, 0.29) is 0 Å². The summed E-state index contributed by atoms with van der Waals surface area (Å²) in [7, 11) is 0. The van der Waals surface area contributed by atoms with Crippen LogP contribution in [0.3, 0.4) is 0 Å². The fraction of sp³-hybridized carbons (Fsp3) is 1.00. The van der Waals surface area contributed by atoms with Crippen LogP contribution in [-0.2, 0) is 4.74 Å². The van der Waals surface area contributed by atoms with Gasteiger partial charge in [0.15, 0.2) is 0 Å².